The molecule has 0 saturated carbocycles. The van der Waals surface area contributed by atoms with Gasteiger partial charge in [-0.05, 0) is 57.6 Å². The molecule has 0 aromatic carbocycles. The van der Waals surface area contributed by atoms with Crippen LogP contribution in [0, 0.1) is 5.92 Å². The van der Waals surface area contributed by atoms with Crippen LogP contribution in [0.15, 0.2) is 0 Å². The Kier molecular flexibility index (Phi) is 10.4. The minimum absolute atomic E-state index is 0.134. The van der Waals surface area contributed by atoms with Crippen LogP contribution in [0.4, 0.5) is 0 Å². The van der Waals surface area contributed by atoms with Gasteiger partial charge in [0.15, 0.2) is 0 Å². The normalized spacial score (nSPS) is 14.4. The highest BCUT2D eigenvalue weighted by atomic mass is 32.2. The largest absolute Gasteiger partial charge is 0.465 e. The number of rotatable bonds is 11. The number of unbranched alkanes of at least 4 members (excludes halogenated alkanes) is 1. The number of carbonyl (C=O) groups is 1. The molecule has 114 valence electrons. The summed E-state index contributed by atoms with van der Waals surface area (Å²) in [4.78, 5) is 11.8. The van der Waals surface area contributed by atoms with Crippen LogP contribution in [-0.2, 0) is 9.53 Å². The van der Waals surface area contributed by atoms with E-state index in [9.17, 15) is 4.79 Å². The van der Waals surface area contributed by atoms with E-state index in [4.69, 9.17) is 4.74 Å². The molecule has 0 spiro atoms. The fourth-order valence-electron chi connectivity index (χ4n) is 1.72. The molecule has 0 aliphatic rings. The lowest BCUT2D eigenvalue weighted by Gasteiger charge is -2.26. The summed E-state index contributed by atoms with van der Waals surface area (Å²) < 4.78 is 5.11. The van der Waals surface area contributed by atoms with Crippen LogP contribution >= 0.6 is 11.8 Å². The Balaban J connectivity index is 3.75. The number of likely N-dealkylation sites (N-methyl/N-ethyl adjacent to an activating group) is 1. The van der Waals surface area contributed by atoms with Gasteiger partial charge in [0.2, 0.25) is 0 Å². The summed E-state index contributed by atoms with van der Waals surface area (Å²) >= 11 is 2.02. The van der Waals surface area contributed by atoms with E-state index >= 15 is 0 Å². The first-order valence-corrected chi connectivity index (χ1v) is 8.55. The lowest BCUT2D eigenvalue weighted by atomic mass is 9.95. The van der Waals surface area contributed by atoms with Crippen LogP contribution in [0.5, 0.6) is 0 Å². The Morgan fingerprint density at radius 1 is 1.32 bits per heavy atom. The fraction of sp³-hybridized carbons (Fsp3) is 0.933. The number of nitrogens with one attached hydrogen (secondary N) is 1. The molecule has 0 radical (unpaired) electrons. The van der Waals surface area contributed by atoms with Crippen molar-refractivity contribution in [1.82, 2.24) is 5.32 Å². The van der Waals surface area contributed by atoms with Gasteiger partial charge in [0.25, 0.3) is 0 Å². The number of ether oxygens (including phenoxy) is 1. The highest BCUT2D eigenvalue weighted by Crippen LogP contribution is 2.18. The van der Waals surface area contributed by atoms with Crippen molar-refractivity contribution in [1.29, 1.82) is 0 Å². The molecule has 0 aliphatic heterocycles. The first-order valence-electron chi connectivity index (χ1n) is 7.40. The molecule has 4 heteroatoms. The Hall–Kier alpha value is -0.220. The van der Waals surface area contributed by atoms with Crippen molar-refractivity contribution >= 4 is 17.7 Å². The van der Waals surface area contributed by atoms with Crippen LogP contribution in [-0.4, -0.2) is 36.7 Å². The molecule has 0 heterocycles. The first kappa shape index (κ1) is 18.8. The summed E-state index contributed by atoms with van der Waals surface area (Å²) in [7, 11) is 1.83. The van der Waals surface area contributed by atoms with E-state index in [0.29, 0.717) is 6.61 Å². The van der Waals surface area contributed by atoms with Gasteiger partial charge in [-0.1, -0.05) is 20.3 Å². The van der Waals surface area contributed by atoms with Crippen LogP contribution < -0.4 is 5.32 Å². The summed E-state index contributed by atoms with van der Waals surface area (Å²) in [6.07, 6.45) is 4.36. The van der Waals surface area contributed by atoms with E-state index in [1.54, 1.807) is 0 Å². The van der Waals surface area contributed by atoms with Gasteiger partial charge in [0.1, 0.15) is 5.54 Å². The number of hydrogen-bond donors (Lipinski definition) is 1. The van der Waals surface area contributed by atoms with Crippen molar-refractivity contribution < 1.29 is 9.53 Å². The number of esters is 1. The van der Waals surface area contributed by atoms with Crippen molar-refractivity contribution in [2.24, 2.45) is 5.92 Å². The molecule has 0 saturated heterocycles. The Labute approximate surface area is 123 Å². The number of carbonyl (C=O) groups excluding carboxylic acids is 1. The maximum absolute atomic E-state index is 11.8. The molecule has 1 atom stereocenters. The average Bonchev–Trinajstić information content (AvgIpc) is 2.37. The van der Waals surface area contributed by atoms with E-state index in [-0.39, 0.29) is 5.97 Å². The lowest BCUT2D eigenvalue weighted by Crippen LogP contribution is -2.48. The standard InChI is InChI=1S/C15H31NO2S/c1-6-18-14(17)15(4,16-5)10-7-8-11-19-12-9-13(2)3/h13,16H,6-12H2,1-5H3. The Morgan fingerprint density at radius 3 is 2.53 bits per heavy atom. The minimum atomic E-state index is -0.529. The second kappa shape index (κ2) is 10.6. The second-order valence-electron chi connectivity index (χ2n) is 5.55. The second-order valence-corrected chi connectivity index (χ2v) is 6.78. The highest BCUT2D eigenvalue weighted by Gasteiger charge is 2.31. The molecular formula is C15H31NO2S. The molecule has 0 aromatic heterocycles. The molecule has 0 bridgehead atoms. The summed E-state index contributed by atoms with van der Waals surface area (Å²) in [6, 6.07) is 0. The maximum Gasteiger partial charge on any atom is 0.326 e. The zero-order valence-electron chi connectivity index (χ0n) is 13.3. The summed E-state index contributed by atoms with van der Waals surface area (Å²) in [5.41, 5.74) is -0.529. The molecule has 0 aromatic rings. The van der Waals surface area contributed by atoms with Gasteiger partial charge in [-0.25, -0.2) is 0 Å². The monoisotopic (exact) mass is 289 g/mol. The molecular weight excluding hydrogens is 258 g/mol. The summed E-state index contributed by atoms with van der Waals surface area (Å²) in [5, 5.41) is 3.10. The fourth-order valence-corrected chi connectivity index (χ4v) is 2.97. The zero-order valence-corrected chi connectivity index (χ0v) is 14.1. The van der Waals surface area contributed by atoms with Crippen LogP contribution in [0.1, 0.15) is 53.4 Å². The smallest absolute Gasteiger partial charge is 0.326 e. The molecule has 1 unspecified atom stereocenters. The summed E-state index contributed by atoms with van der Waals surface area (Å²) in [5.74, 6) is 3.10. The van der Waals surface area contributed by atoms with Crippen LogP contribution in [0.2, 0.25) is 0 Å². The van der Waals surface area contributed by atoms with Crippen molar-refractivity contribution in [3.8, 4) is 0 Å². The van der Waals surface area contributed by atoms with Crippen molar-refractivity contribution in [2.75, 3.05) is 25.2 Å². The summed E-state index contributed by atoms with van der Waals surface area (Å²) in [6.45, 7) is 8.74. The molecule has 19 heavy (non-hydrogen) atoms. The van der Waals surface area contributed by atoms with Crippen molar-refractivity contribution in [3.63, 3.8) is 0 Å². The predicted octanol–water partition coefficient (Wildman–Crippen LogP) is 3.48. The molecule has 1 N–H and O–H groups in total. The minimum Gasteiger partial charge on any atom is -0.465 e. The molecule has 3 nitrogen and oxygen atoms in total. The van der Waals surface area contributed by atoms with Crippen molar-refractivity contribution in [3.05, 3.63) is 0 Å². The third-order valence-electron chi connectivity index (χ3n) is 3.33. The lowest BCUT2D eigenvalue weighted by molar-refractivity contribution is -0.150. The molecule has 0 aliphatic carbocycles. The molecule has 0 rings (SSSR count). The van der Waals surface area contributed by atoms with Crippen LogP contribution in [0.3, 0.4) is 0 Å². The maximum atomic E-state index is 11.8. The topological polar surface area (TPSA) is 38.3 Å². The van der Waals surface area contributed by atoms with Gasteiger partial charge < -0.3 is 10.1 Å². The predicted molar refractivity (Wildman–Crippen MR) is 84.7 cm³/mol. The number of thioether (sulfide) groups is 1. The van der Waals surface area contributed by atoms with Gasteiger partial charge >= 0.3 is 5.97 Å². The molecule has 0 fully saturated rings. The van der Waals surface area contributed by atoms with Gasteiger partial charge in [-0.2, -0.15) is 11.8 Å². The molecule has 0 amide bonds. The van der Waals surface area contributed by atoms with Crippen molar-refractivity contribution in [2.45, 2.75) is 58.9 Å². The van der Waals surface area contributed by atoms with Gasteiger partial charge in [-0.3, -0.25) is 4.79 Å². The van der Waals surface area contributed by atoms with Crippen LogP contribution in [0.25, 0.3) is 0 Å². The van der Waals surface area contributed by atoms with E-state index < -0.39 is 5.54 Å². The highest BCUT2D eigenvalue weighted by molar-refractivity contribution is 7.99. The third-order valence-corrected chi connectivity index (χ3v) is 4.43. The zero-order chi connectivity index (χ0) is 14.7. The Morgan fingerprint density at radius 2 is 2.00 bits per heavy atom. The van der Waals surface area contributed by atoms with E-state index in [0.717, 1.165) is 18.8 Å². The SMILES string of the molecule is CCOC(=O)C(C)(CCCCSCCC(C)C)NC. The quantitative estimate of drug-likeness (QED) is 0.467. The van der Waals surface area contributed by atoms with Gasteiger partial charge in [0.05, 0.1) is 6.61 Å². The Bertz CT molecular complexity index is 246. The van der Waals surface area contributed by atoms with E-state index in [1.807, 2.05) is 32.7 Å². The van der Waals surface area contributed by atoms with E-state index in [1.165, 1.54) is 24.3 Å². The third kappa shape index (κ3) is 8.53. The first-order chi connectivity index (χ1) is 8.96. The van der Waals surface area contributed by atoms with Gasteiger partial charge in [-0.15, -0.1) is 0 Å². The van der Waals surface area contributed by atoms with Gasteiger partial charge in [0, 0.05) is 0 Å². The number of hydrogen-bond acceptors (Lipinski definition) is 4. The van der Waals surface area contributed by atoms with E-state index in [2.05, 4.69) is 19.2 Å². The average molecular weight is 289 g/mol.